The summed E-state index contributed by atoms with van der Waals surface area (Å²) in [5.74, 6) is 1.74. The third-order valence-electron chi connectivity index (χ3n) is 4.59. The van der Waals surface area contributed by atoms with Gasteiger partial charge in [-0.3, -0.25) is 4.90 Å². The van der Waals surface area contributed by atoms with Crippen molar-refractivity contribution >= 4 is 5.96 Å². The van der Waals surface area contributed by atoms with Gasteiger partial charge >= 0.3 is 0 Å². The molecule has 0 saturated carbocycles. The molecule has 0 aliphatic carbocycles. The highest BCUT2D eigenvalue weighted by molar-refractivity contribution is 5.80. The minimum Gasteiger partial charge on any atom is -0.467 e. The zero-order chi connectivity index (χ0) is 17.5. The molecule has 2 unspecified atom stereocenters. The van der Waals surface area contributed by atoms with E-state index in [-0.39, 0.29) is 0 Å². The lowest BCUT2D eigenvalue weighted by Crippen LogP contribution is -2.44. The largest absolute Gasteiger partial charge is 0.467 e. The first-order valence-corrected chi connectivity index (χ1v) is 9.09. The van der Waals surface area contributed by atoms with Gasteiger partial charge in [-0.1, -0.05) is 30.3 Å². The summed E-state index contributed by atoms with van der Waals surface area (Å²) in [4.78, 5) is 7.17. The zero-order valence-corrected chi connectivity index (χ0v) is 15.1. The Bertz CT molecular complexity index is 654. The molecule has 0 bridgehead atoms. The number of hydrogen-bond acceptors (Lipinski definition) is 3. The van der Waals surface area contributed by atoms with E-state index in [1.54, 1.807) is 6.26 Å². The third-order valence-corrected chi connectivity index (χ3v) is 4.59. The Balaban J connectivity index is 1.56. The average Bonchev–Trinajstić information content (AvgIpc) is 3.24. The fourth-order valence-electron chi connectivity index (χ4n) is 3.31. The van der Waals surface area contributed by atoms with Crippen molar-refractivity contribution in [2.45, 2.75) is 45.4 Å². The van der Waals surface area contributed by atoms with Crippen LogP contribution < -0.4 is 10.6 Å². The van der Waals surface area contributed by atoms with Crippen LogP contribution in [0.5, 0.6) is 0 Å². The number of likely N-dealkylation sites (tertiary alicyclic amines) is 1. The van der Waals surface area contributed by atoms with Gasteiger partial charge in [0, 0.05) is 31.7 Å². The predicted molar refractivity (Wildman–Crippen MR) is 101 cm³/mol. The summed E-state index contributed by atoms with van der Waals surface area (Å²) in [5.41, 5.74) is 1.37. The van der Waals surface area contributed by atoms with E-state index >= 15 is 0 Å². The third kappa shape index (κ3) is 5.10. The molecular weight excluding hydrogens is 312 g/mol. The summed E-state index contributed by atoms with van der Waals surface area (Å²) in [6, 6.07) is 15.5. The highest BCUT2D eigenvalue weighted by Gasteiger charge is 2.29. The van der Waals surface area contributed by atoms with Crippen LogP contribution >= 0.6 is 0 Å². The van der Waals surface area contributed by atoms with Crippen molar-refractivity contribution in [1.29, 1.82) is 0 Å². The molecule has 2 atom stereocenters. The lowest BCUT2D eigenvalue weighted by atomic mass is 10.2. The maximum atomic E-state index is 5.36. The fourth-order valence-corrected chi connectivity index (χ4v) is 3.31. The van der Waals surface area contributed by atoms with E-state index in [0.717, 1.165) is 37.8 Å². The molecule has 2 heterocycles. The second-order valence-electron chi connectivity index (χ2n) is 6.62. The van der Waals surface area contributed by atoms with E-state index in [4.69, 9.17) is 4.42 Å². The van der Waals surface area contributed by atoms with Crippen molar-refractivity contribution < 1.29 is 4.42 Å². The van der Waals surface area contributed by atoms with E-state index in [1.165, 1.54) is 5.56 Å². The molecule has 134 valence electrons. The van der Waals surface area contributed by atoms with Crippen LogP contribution in [0.25, 0.3) is 0 Å². The molecule has 1 fully saturated rings. The summed E-state index contributed by atoms with van der Waals surface area (Å²) in [6.45, 7) is 7.82. The molecule has 5 heteroatoms. The van der Waals surface area contributed by atoms with Crippen molar-refractivity contribution in [3.63, 3.8) is 0 Å². The Labute approximate surface area is 150 Å². The first-order valence-electron chi connectivity index (χ1n) is 9.09. The van der Waals surface area contributed by atoms with Crippen molar-refractivity contribution in [2.75, 3.05) is 13.1 Å². The van der Waals surface area contributed by atoms with Gasteiger partial charge in [-0.15, -0.1) is 0 Å². The topological polar surface area (TPSA) is 52.8 Å². The van der Waals surface area contributed by atoms with Crippen molar-refractivity contribution in [2.24, 2.45) is 4.99 Å². The number of furan rings is 1. The normalized spacial score (nSPS) is 21.4. The number of benzene rings is 1. The van der Waals surface area contributed by atoms with E-state index < -0.39 is 0 Å². The summed E-state index contributed by atoms with van der Waals surface area (Å²) < 4.78 is 5.36. The minimum atomic E-state index is 0.410. The maximum Gasteiger partial charge on any atom is 0.191 e. The van der Waals surface area contributed by atoms with Gasteiger partial charge in [0.05, 0.1) is 6.26 Å². The minimum absolute atomic E-state index is 0.410. The van der Waals surface area contributed by atoms with Gasteiger partial charge in [-0.2, -0.15) is 0 Å². The standard InChI is InChI=1S/C20H28N4O/c1-3-21-20(22-13-19-10-7-11-25-19)23-18-12-16(2)24(15-18)14-17-8-5-4-6-9-17/h4-11,16,18H,3,12-15H2,1-2H3,(H2,21,22,23). The molecule has 3 rings (SSSR count). The number of aliphatic imine (C=N–C) groups is 1. The number of nitrogens with zero attached hydrogens (tertiary/aromatic N) is 2. The SMILES string of the molecule is CCNC(=NCc1ccco1)NC1CC(C)N(Cc2ccccc2)C1. The Kier molecular flexibility index (Phi) is 6.12. The Morgan fingerprint density at radius 1 is 1.24 bits per heavy atom. The quantitative estimate of drug-likeness (QED) is 0.627. The Morgan fingerprint density at radius 2 is 2.08 bits per heavy atom. The molecule has 5 nitrogen and oxygen atoms in total. The van der Waals surface area contributed by atoms with Gasteiger partial charge < -0.3 is 15.1 Å². The van der Waals surface area contributed by atoms with Crippen LogP contribution in [-0.4, -0.2) is 36.0 Å². The summed E-state index contributed by atoms with van der Waals surface area (Å²) >= 11 is 0. The molecule has 0 spiro atoms. The molecule has 0 radical (unpaired) electrons. The van der Waals surface area contributed by atoms with Crippen LogP contribution in [0.2, 0.25) is 0 Å². The molecule has 1 aromatic carbocycles. The molecule has 1 aliphatic heterocycles. The van der Waals surface area contributed by atoms with Gasteiger partial charge in [-0.05, 0) is 38.0 Å². The molecule has 0 amide bonds. The van der Waals surface area contributed by atoms with Crippen LogP contribution in [-0.2, 0) is 13.1 Å². The van der Waals surface area contributed by atoms with Crippen molar-refractivity contribution in [3.8, 4) is 0 Å². The Morgan fingerprint density at radius 3 is 2.80 bits per heavy atom. The van der Waals surface area contributed by atoms with Gasteiger partial charge in [0.15, 0.2) is 5.96 Å². The summed E-state index contributed by atoms with van der Waals surface area (Å²) in [6.07, 6.45) is 2.81. The lowest BCUT2D eigenvalue weighted by molar-refractivity contribution is 0.258. The van der Waals surface area contributed by atoms with Crippen LogP contribution in [0.1, 0.15) is 31.6 Å². The van der Waals surface area contributed by atoms with Gasteiger partial charge in [0.25, 0.3) is 0 Å². The smallest absolute Gasteiger partial charge is 0.191 e. The number of rotatable bonds is 6. The van der Waals surface area contributed by atoms with E-state index in [0.29, 0.717) is 18.6 Å². The molecule has 1 aromatic heterocycles. The first kappa shape index (κ1) is 17.5. The first-order chi connectivity index (χ1) is 12.2. The average molecular weight is 340 g/mol. The fraction of sp³-hybridized carbons (Fsp3) is 0.450. The van der Waals surface area contributed by atoms with Gasteiger partial charge in [-0.25, -0.2) is 4.99 Å². The molecular formula is C20H28N4O. The predicted octanol–water partition coefficient (Wildman–Crippen LogP) is 3.00. The number of hydrogen-bond donors (Lipinski definition) is 2. The van der Waals surface area contributed by atoms with Crippen molar-refractivity contribution in [1.82, 2.24) is 15.5 Å². The highest BCUT2D eigenvalue weighted by Crippen LogP contribution is 2.20. The van der Waals surface area contributed by atoms with E-state index in [1.807, 2.05) is 12.1 Å². The maximum absolute atomic E-state index is 5.36. The summed E-state index contributed by atoms with van der Waals surface area (Å²) in [7, 11) is 0. The molecule has 2 N–H and O–H groups in total. The van der Waals surface area contributed by atoms with Gasteiger partial charge in [0.2, 0.25) is 0 Å². The van der Waals surface area contributed by atoms with E-state index in [9.17, 15) is 0 Å². The van der Waals surface area contributed by atoms with Gasteiger partial charge in [0.1, 0.15) is 12.3 Å². The Hall–Kier alpha value is -2.27. The van der Waals surface area contributed by atoms with Crippen LogP contribution in [0, 0.1) is 0 Å². The van der Waals surface area contributed by atoms with Crippen LogP contribution in [0.15, 0.2) is 58.1 Å². The molecule has 1 saturated heterocycles. The second kappa shape index (κ2) is 8.72. The molecule has 2 aromatic rings. The second-order valence-corrected chi connectivity index (χ2v) is 6.62. The number of nitrogens with one attached hydrogen (secondary N) is 2. The summed E-state index contributed by atoms with van der Waals surface area (Å²) in [5, 5.41) is 6.91. The van der Waals surface area contributed by atoms with E-state index in [2.05, 4.69) is 64.7 Å². The molecule has 25 heavy (non-hydrogen) atoms. The van der Waals surface area contributed by atoms with Crippen LogP contribution in [0.3, 0.4) is 0 Å². The van der Waals surface area contributed by atoms with Crippen molar-refractivity contribution in [3.05, 3.63) is 60.1 Å². The molecule has 1 aliphatic rings. The monoisotopic (exact) mass is 340 g/mol. The number of guanidine groups is 1. The van der Waals surface area contributed by atoms with Crippen LogP contribution in [0.4, 0.5) is 0 Å². The zero-order valence-electron chi connectivity index (χ0n) is 15.1. The lowest BCUT2D eigenvalue weighted by Gasteiger charge is -2.21. The highest BCUT2D eigenvalue weighted by atomic mass is 16.3.